The minimum Gasteiger partial charge on any atom is -0.560 e. The predicted octanol–water partition coefficient (Wildman–Crippen LogP) is -1.53. The van der Waals surface area contributed by atoms with Crippen molar-refractivity contribution in [2.75, 3.05) is 13.2 Å². The molecule has 0 aliphatic carbocycles. The standard InChI is InChI=1S/C3H7O.2C2H4O3.Al/c1-3(2)4;2*3-1-2(4)5;/h3H,1-2H3;2*3H,1H2,(H,4,5);/q-1;;;+3/p-2. The van der Waals surface area contributed by atoms with E-state index < -0.39 is 40.3 Å². The lowest BCUT2D eigenvalue weighted by Crippen LogP contribution is -2.36. The highest BCUT2D eigenvalue weighted by Gasteiger charge is 2.43. The highest BCUT2D eigenvalue weighted by molar-refractivity contribution is 6.41. The molecule has 2 N–H and O–H groups in total. The number of rotatable bonds is 6. The molecule has 0 heterocycles. The van der Waals surface area contributed by atoms with Crippen LogP contribution < -0.4 is 0 Å². The zero-order chi connectivity index (χ0) is 11.8. The van der Waals surface area contributed by atoms with Crippen LogP contribution in [0.1, 0.15) is 13.8 Å². The largest absolute Gasteiger partial charge is 1.10 e. The molecule has 7 nitrogen and oxygen atoms in total. The van der Waals surface area contributed by atoms with Gasteiger partial charge < -0.3 is 21.6 Å². The molecule has 0 saturated heterocycles. The van der Waals surface area contributed by atoms with Crippen LogP contribution in [-0.2, 0) is 21.0 Å². The summed E-state index contributed by atoms with van der Waals surface area (Å²) in [4.78, 5) is 21.4. The van der Waals surface area contributed by atoms with Gasteiger partial charge in [0, 0.05) is 6.10 Å². The van der Waals surface area contributed by atoms with Gasteiger partial charge in [-0.2, -0.15) is 0 Å². The maximum Gasteiger partial charge on any atom is 1.10 e. The molecule has 0 aromatic carbocycles. The molecular weight excluding hydrogens is 223 g/mol. The summed E-state index contributed by atoms with van der Waals surface area (Å²) >= 11 is -2.96. The molecule has 0 aromatic heterocycles. The first-order valence-electron chi connectivity index (χ1n) is 4.25. The van der Waals surface area contributed by atoms with Crippen LogP contribution in [0.15, 0.2) is 0 Å². The van der Waals surface area contributed by atoms with Crippen LogP contribution in [0.4, 0.5) is 0 Å². The van der Waals surface area contributed by atoms with Crippen molar-refractivity contribution in [1.29, 1.82) is 0 Å². The van der Waals surface area contributed by atoms with Crippen LogP contribution in [0.2, 0.25) is 0 Å². The van der Waals surface area contributed by atoms with Crippen molar-refractivity contribution in [2.24, 2.45) is 0 Å². The molecule has 0 atom stereocenters. The Morgan fingerprint density at radius 2 is 1.53 bits per heavy atom. The molecule has 86 valence electrons. The molecule has 0 saturated carbocycles. The van der Waals surface area contributed by atoms with Gasteiger partial charge in [0.25, 0.3) is 11.9 Å². The Morgan fingerprint density at radius 3 is 1.80 bits per heavy atom. The monoisotopic (exact) mass is 236 g/mol. The van der Waals surface area contributed by atoms with Crippen LogP contribution in [0.5, 0.6) is 0 Å². The summed E-state index contributed by atoms with van der Waals surface area (Å²) in [6.07, 6.45) is -0.292. The van der Waals surface area contributed by atoms with Gasteiger partial charge in [-0.3, -0.25) is 9.59 Å². The lowest BCUT2D eigenvalue weighted by Gasteiger charge is -2.14. The van der Waals surface area contributed by atoms with Gasteiger partial charge in [0.1, 0.15) is 13.2 Å². The zero-order valence-electron chi connectivity index (χ0n) is 8.50. The molecule has 0 amide bonds. The second-order valence-electron chi connectivity index (χ2n) is 2.77. The molecule has 0 radical (unpaired) electrons. The Bertz CT molecular complexity index is 199. The van der Waals surface area contributed by atoms with E-state index in [1.54, 1.807) is 13.8 Å². The van der Waals surface area contributed by atoms with Gasteiger partial charge in [0.05, 0.1) is 0 Å². The topological polar surface area (TPSA) is 102 Å². The average molecular weight is 236 g/mol. The van der Waals surface area contributed by atoms with Gasteiger partial charge in [-0.15, -0.1) is 0 Å². The van der Waals surface area contributed by atoms with Gasteiger partial charge >= 0.3 is 15.1 Å². The maximum absolute atomic E-state index is 10.7. The molecule has 15 heavy (non-hydrogen) atoms. The number of aliphatic hydroxyl groups is 2. The molecule has 0 aromatic rings. The molecular formula is C7H13AlO7. The van der Waals surface area contributed by atoms with E-state index in [1.807, 2.05) is 0 Å². The number of hydrogen-bond acceptors (Lipinski definition) is 7. The number of hydrogen-bond donors (Lipinski definition) is 2. The fourth-order valence-electron chi connectivity index (χ4n) is 0.591. The van der Waals surface area contributed by atoms with Gasteiger partial charge in [0.15, 0.2) is 0 Å². The summed E-state index contributed by atoms with van der Waals surface area (Å²) in [6.45, 7) is 1.70. The minimum absolute atomic E-state index is 0.292. The van der Waals surface area contributed by atoms with Crippen molar-refractivity contribution in [3.05, 3.63) is 0 Å². The number of carbonyl (C=O) groups excluding carboxylic acids is 2. The van der Waals surface area contributed by atoms with Crippen molar-refractivity contribution >= 4 is 27.1 Å². The highest BCUT2D eigenvalue weighted by Crippen LogP contribution is 1.99. The highest BCUT2D eigenvalue weighted by atomic mass is 27.3. The first kappa shape index (κ1) is 14.4. The zero-order valence-corrected chi connectivity index (χ0v) is 9.66. The van der Waals surface area contributed by atoms with Gasteiger partial charge in [-0.25, -0.2) is 0 Å². The summed E-state index contributed by atoms with van der Waals surface area (Å²) < 4.78 is 14.1. The van der Waals surface area contributed by atoms with E-state index in [1.165, 1.54) is 0 Å². The molecule has 0 fully saturated rings. The fraction of sp³-hybridized carbons (Fsp3) is 0.714. The maximum atomic E-state index is 10.7. The Morgan fingerprint density at radius 1 is 1.13 bits per heavy atom. The van der Waals surface area contributed by atoms with Crippen molar-refractivity contribution in [1.82, 2.24) is 0 Å². The van der Waals surface area contributed by atoms with E-state index in [0.717, 1.165) is 0 Å². The number of carbonyl (C=O) groups is 2. The summed E-state index contributed by atoms with van der Waals surface area (Å²) in [5.74, 6) is -1.86. The van der Waals surface area contributed by atoms with Crippen LogP contribution in [0, 0.1) is 0 Å². The van der Waals surface area contributed by atoms with Gasteiger partial charge in [0.2, 0.25) is 0 Å². The molecule has 8 heteroatoms. The Balaban J connectivity index is 4.17. The van der Waals surface area contributed by atoms with Gasteiger partial charge in [-0.1, -0.05) is 0 Å². The lowest BCUT2D eigenvalue weighted by atomic mass is 10.5. The lowest BCUT2D eigenvalue weighted by molar-refractivity contribution is -0.147. The van der Waals surface area contributed by atoms with Crippen molar-refractivity contribution in [3.8, 4) is 0 Å². The van der Waals surface area contributed by atoms with Gasteiger partial charge in [-0.05, 0) is 13.8 Å². The molecule has 0 aliphatic heterocycles. The second kappa shape index (κ2) is 7.62. The summed E-state index contributed by atoms with van der Waals surface area (Å²) in [6, 6.07) is 0. The van der Waals surface area contributed by atoms with Crippen molar-refractivity contribution < 1.29 is 31.2 Å². The molecule has 0 spiro atoms. The Hall–Kier alpha value is -0.648. The fourth-order valence-corrected chi connectivity index (χ4v) is 1.77. The quantitative estimate of drug-likeness (QED) is 0.539. The smallest absolute Gasteiger partial charge is 0.560 e. The van der Waals surface area contributed by atoms with E-state index in [2.05, 4.69) is 7.58 Å². The third-order valence-corrected chi connectivity index (χ3v) is 2.77. The summed E-state index contributed by atoms with van der Waals surface area (Å²) in [7, 11) is 0. The predicted molar refractivity (Wildman–Crippen MR) is 48.3 cm³/mol. The Kier molecular flexibility index (Phi) is 7.29. The van der Waals surface area contributed by atoms with Crippen LogP contribution in [0.3, 0.4) is 0 Å². The van der Waals surface area contributed by atoms with Crippen molar-refractivity contribution in [2.45, 2.75) is 20.0 Å². The first-order valence-corrected chi connectivity index (χ1v) is 5.67. The van der Waals surface area contributed by atoms with E-state index in [4.69, 9.17) is 14.0 Å². The van der Waals surface area contributed by atoms with E-state index in [9.17, 15) is 9.59 Å². The summed E-state index contributed by atoms with van der Waals surface area (Å²) in [5, 5.41) is 16.8. The first-order chi connectivity index (χ1) is 6.99. The number of aliphatic hydroxyl groups excluding tert-OH is 2. The third kappa shape index (κ3) is 7.30. The normalized spacial score (nSPS) is 9.93. The Labute approximate surface area is 91.9 Å². The summed E-state index contributed by atoms with van der Waals surface area (Å²) in [5.41, 5.74) is 0. The molecule has 0 bridgehead atoms. The third-order valence-electron chi connectivity index (χ3n) is 1.10. The van der Waals surface area contributed by atoms with Crippen molar-refractivity contribution in [3.63, 3.8) is 0 Å². The molecule has 0 aliphatic rings. The average Bonchev–Trinajstić information content (AvgIpc) is 2.16. The van der Waals surface area contributed by atoms with Crippen LogP contribution in [0.25, 0.3) is 0 Å². The molecule has 0 rings (SSSR count). The van der Waals surface area contributed by atoms with Crippen LogP contribution in [-0.4, -0.2) is 56.6 Å². The van der Waals surface area contributed by atoms with E-state index in [0.29, 0.717) is 0 Å². The van der Waals surface area contributed by atoms with Crippen LogP contribution >= 0.6 is 0 Å². The van der Waals surface area contributed by atoms with E-state index in [-0.39, 0.29) is 6.10 Å². The second-order valence-corrected chi connectivity index (χ2v) is 4.09. The minimum atomic E-state index is -2.96. The molecule has 0 unspecified atom stereocenters. The van der Waals surface area contributed by atoms with E-state index >= 15 is 0 Å². The SMILES string of the molecule is CC(C)[O][Al]([O]C(=O)CO)[O]C(=O)CO.